The van der Waals surface area contributed by atoms with E-state index in [1.807, 2.05) is 0 Å². The molecule has 1 nitrogen and oxygen atoms in total. The highest BCUT2D eigenvalue weighted by Crippen LogP contribution is 2.41. The van der Waals surface area contributed by atoms with Crippen molar-refractivity contribution in [2.45, 2.75) is 52.2 Å². The van der Waals surface area contributed by atoms with Gasteiger partial charge in [0.25, 0.3) is 0 Å². The third-order valence-electron chi connectivity index (χ3n) is 4.81. The Bertz CT molecular complexity index is 464. The molecule has 0 saturated carbocycles. The predicted molar refractivity (Wildman–Crippen MR) is 79.7 cm³/mol. The highest BCUT2D eigenvalue weighted by Gasteiger charge is 2.43. The van der Waals surface area contributed by atoms with Crippen molar-refractivity contribution >= 4 is 22.0 Å². The van der Waals surface area contributed by atoms with Crippen LogP contribution in [0, 0.1) is 12.8 Å². The molecule has 1 unspecified atom stereocenters. The summed E-state index contributed by atoms with van der Waals surface area (Å²) in [5.41, 5.74) is 2.95. The number of aromatic hydroxyl groups is 1. The summed E-state index contributed by atoms with van der Waals surface area (Å²) in [6.07, 6.45) is 0. The van der Waals surface area contributed by atoms with Gasteiger partial charge >= 0.3 is 0 Å². The zero-order valence-corrected chi connectivity index (χ0v) is 14.0. The van der Waals surface area contributed by atoms with Crippen molar-refractivity contribution in [3.05, 3.63) is 17.2 Å². The van der Waals surface area contributed by atoms with E-state index in [0.717, 1.165) is 11.5 Å². The van der Waals surface area contributed by atoms with Crippen molar-refractivity contribution in [2.75, 3.05) is 0 Å². The fraction of sp³-hybridized carbons (Fsp3) is 0.643. The second kappa shape index (κ2) is 3.79. The summed E-state index contributed by atoms with van der Waals surface area (Å²) < 4.78 is 0. The molecule has 17 heavy (non-hydrogen) atoms. The first-order valence-electron chi connectivity index (χ1n) is 6.51. The Morgan fingerprint density at radius 2 is 2.00 bits per heavy atom. The van der Waals surface area contributed by atoms with Crippen LogP contribution in [-0.4, -0.2) is 22.3 Å². The molecule has 0 spiro atoms. The van der Waals surface area contributed by atoms with Gasteiger partial charge in [0.2, 0.25) is 0 Å². The van der Waals surface area contributed by atoms with E-state index in [2.05, 4.69) is 46.9 Å². The smallest absolute Gasteiger partial charge is 0.0892 e. The normalized spacial score (nSPS) is 25.4. The molecule has 0 bridgehead atoms. The van der Waals surface area contributed by atoms with Crippen LogP contribution in [0.5, 0.6) is 5.36 Å². The molecule has 1 aliphatic heterocycles. The topological polar surface area (TPSA) is 20.2 Å². The lowest BCUT2D eigenvalue weighted by Gasteiger charge is -2.46. The maximum atomic E-state index is 10.1. The average molecular weight is 265 g/mol. The third kappa shape index (κ3) is 1.93. The summed E-state index contributed by atoms with van der Waals surface area (Å²) in [7, 11) is -1.29. The Hall–Kier alpha value is -0.416. The molecule has 1 aliphatic rings. The van der Waals surface area contributed by atoms with Gasteiger partial charge in [-0.25, -0.2) is 0 Å². The van der Waals surface area contributed by atoms with E-state index in [1.165, 1.54) is 6.04 Å². The minimum Gasteiger partial charge on any atom is -0.514 e. The predicted octanol–water partition coefficient (Wildman–Crippen LogP) is 2.61. The summed E-state index contributed by atoms with van der Waals surface area (Å²) in [4.78, 5) is 1.67. The third-order valence-corrected chi connectivity index (χ3v) is 12.3. The Labute approximate surface area is 108 Å². The first kappa shape index (κ1) is 13.0. The number of hydrogen-bond donors (Lipinski definition) is 1. The Morgan fingerprint density at radius 1 is 1.41 bits per heavy atom. The molecule has 0 aromatic carbocycles. The van der Waals surface area contributed by atoms with Crippen LogP contribution in [0.25, 0.3) is 0 Å². The van der Waals surface area contributed by atoms with Crippen LogP contribution in [0.1, 0.15) is 31.9 Å². The van der Waals surface area contributed by atoms with E-state index in [4.69, 9.17) is 0 Å². The molecule has 94 valence electrons. The monoisotopic (exact) mass is 264 g/mol. The van der Waals surface area contributed by atoms with Crippen molar-refractivity contribution in [2.24, 2.45) is 5.92 Å². The Morgan fingerprint density at radius 3 is 2.59 bits per heavy atom. The van der Waals surface area contributed by atoms with Crippen molar-refractivity contribution < 1.29 is 5.11 Å². The fourth-order valence-corrected chi connectivity index (χ4v) is 10.1. The minimum absolute atomic E-state index is 0.00987. The lowest BCUT2D eigenvalue weighted by atomic mass is 9.75. The van der Waals surface area contributed by atoms with Crippen LogP contribution in [0.15, 0.2) is 6.07 Å². The van der Waals surface area contributed by atoms with E-state index in [1.54, 1.807) is 10.4 Å². The number of rotatable bonds is 0. The molecule has 2 rings (SSSR count). The van der Waals surface area contributed by atoms with Crippen LogP contribution in [-0.2, 0) is 5.41 Å². The molecule has 2 heterocycles. The average Bonchev–Trinajstić information content (AvgIpc) is 2.18. The van der Waals surface area contributed by atoms with Gasteiger partial charge in [-0.2, -0.15) is 0 Å². The summed E-state index contributed by atoms with van der Waals surface area (Å²) >= 11 is 0. The number of hydrogen-bond acceptors (Lipinski definition) is 1. The summed E-state index contributed by atoms with van der Waals surface area (Å²) in [6.45, 7) is 14.2. The van der Waals surface area contributed by atoms with E-state index in [9.17, 15) is 5.11 Å². The van der Waals surface area contributed by atoms with E-state index >= 15 is 0 Å². The van der Waals surface area contributed by atoms with E-state index < -0.39 is 8.07 Å². The van der Waals surface area contributed by atoms with Gasteiger partial charge in [-0.05, 0) is 29.4 Å². The Kier molecular flexibility index (Phi) is 2.90. The molecule has 1 atom stereocenters. The van der Waals surface area contributed by atoms with Crippen LogP contribution in [0.3, 0.4) is 0 Å². The molecule has 1 aromatic rings. The van der Waals surface area contributed by atoms with E-state index in [-0.39, 0.29) is 14.5 Å². The Balaban J connectivity index is 2.73. The zero-order valence-electron chi connectivity index (χ0n) is 11.9. The molecule has 1 N–H and O–H groups in total. The van der Waals surface area contributed by atoms with Crippen LogP contribution in [0.4, 0.5) is 0 Å². The molecule has 1 aromatic heterocycles. The highest BCUT2D eigenvalue weighted by atomic mass is 28.3. The molecule has 0 fully saturated rings. The lowest BCUT2D eigenvalue weighted by Crippen LogP contribution is -2.56. The minimum atomic E-state index is -1.28. The van der Waals surface area contributed by atoms with Crippen molar-refractivity contribution in [1.29, 1.82) is 0 Å². The van der Waals surface area contributed by atoms with Gasteiger partial charge in [-0.3, -0.25) is 0 Å². The van der Waals surface area contributed by atoms with Gasteiger partial charge in [0, 0.05) is 0 Å². The quantitative estimate of drug-likeness (QED) is 0.714. The van der Waals surface area contributed by atoms with Crippen LogP contribution in [0.2, 0.25) is 19.1 Å². The molecule has 3 heteroatoms. The summed E-state index contributed by atoms with van der Waals surface area (Å²) in [5, 5.41) is 10.7. The van der Waals surface area contributed by atoms with E-state index in [0.29, 0.717) is 5.36 Å². The molecular formula is C14H24OSi2. The van der Waals surface area contributed by atoms with Gasteiger partial charge in [0.05, 0.1) is 22.6 Å². The van der Waals surface area contributed by atoms with Gasteiger partial charge in [-0.15, -0.1) is 0 Å². The van der Waals surface area contributed by atoms with Crippen molar-refractivity contribution in [3.8, 4) is 5.36 Å². The molecular weight excluding hydrogens is 240 g/mol. The molecule has 0 amide bonds. The van der Waals surface area contributed by atoms with Crippen molar-refractivity contribution in [3.63, 3.8) is 0 Å². The van der Waals surface area contributed by atoms with Crippen molar-refractivity contribution in [1.82, 2.24) is 0 Å². The first-order chi connectivity index (χ1) is 7.66. The number of aryl methyl sites for hydroxylation is 1. The van der Waals surface area contributed by atoms with Crippen LogP contribution < -0.4 is 4.80 Å². The second-order valence-corrected chi connectivity index (χ2v) is 13.6. The van der Waals surface area contributed by atoms with Gasteiger partial charge < -0.3 is 5.11 Å². The van der Waals surface area contributed by atoms with Gasteiger partial charge in [0.15, 0.2) is 0 Å². The second-order valence-electron chi connectivity index (χ2n) is 6.90. The fourth-order valence-electron chi connectivity index (χ4n) is 3.19. The van der Waals surface area contributed by atoms with Gasteiger partial charge in [0.1, 0.15) is 0 Å². The SMILES string of the molecule is Cc1cc2c([siH]c1O)[Si](C)(C)CC(C)C2(C)C. The van der Waals surface area contributed by atoms with Gasteiger partial charge in [-0.1, -0.05) is 50.8 Å². The molecule has 0 radical (unpaired) electrons. The maximum Gasteiger partial charge on any atom is 0.0892 e. The molecule has 0 saturated heterocycles. The highest BCUT2D eigenvalue weighted by molar-refractivity contribution is 6.97. The standard InChI is InChI=1S/C14H24OSi2/c1-9-7-11-13(16-12(9)15)17(5,6)8-10(2)14(11,3)4/h7,10,15-16H,8H2,1-6H3. The maximum absolute atomic E-state index is 10.1. The number of fused-ring (bicyclic) bond motifs is 1. The largest absolute Gasteiger partial charge is 0.514 e. The van der Waals surface area contributed by atoms with Crippen LogP contribution >= 0.6 is 0 Å². The first-order valence-corrected chi connectivity index (χ1v) is 10.9. The summed E-state index contributed by atoms with van der Waals surface area (Å²) in [6, 6.07) is 3.64. The lowest BCUT2D eigenvalue weighted by molar-refractivity contribution is 0.364. The molecule has 0 aliphatic carbocycles. The zero-order chi connectivity index (χ0) is 13.0. The summed E-state index contributed by atoms with van der Waals surface area (Å²) in [5.74, 6) is 0.756.